The zero-order valence-electron chi connectivity index (χ0n) is 8.55. The molecule has 0 saturated carbocycles. The van der Waals surface area contributed by atoms with Crippen molar-refractivity contribution in [1.82, 2.24) is 4.98 Å². The van der Waals surface area contributed by atoms with Crippen LogP contribution >= 0.6 is 0 Å². The summed E-state index contributed by atoms with van der Waals surface area (Å²) in [6, 6.07) is 4.84. The first-order valence-corrected chi connectivity index (χ1v) is 4.70. The van der Waals surface area contributed by atoms with Crippen molar-refractivity contribution in [1.29, 1.82) is 0 Å². The van der Waals surface area contributed by atoms with Gasteiger partial charge in [0.15, 0.2) is 23.3 Å². The van der Waals surface area contributed by atoms with Crippen LogP contribution in [0, 0.1) is 17.5 Å². The van der Waals surface area contributed by atoms with Gasteiger partial charge in [0, 0.05) is 24.0 Å². The van der Waals surface area contributed by atoms with E-state index in [9.17, 15) is 13.2 Å². The first kappa shape index (κ1) is 11.3. The second kappa shape index (κ2) is 4.32. The molecule has 3 nitrogen and oxygen atoms in total. The summed E-state index contributed by atoms with van der Waals surface area (Å²) in [5, 5.41) is 2.60. The van der Waals surface area contributed by atoms with Gasteiger partial charge in [0.25, 0.3) is 0 Å². The maximum Gasteiger partial charge on any atom is 0.194 e. The van der Waals surface area contributed by atoms with Gasteiger partial charge in [-0.15, -0.1) is 0 Å². The van der Waals surface area contributed by atoms with E-state index in [4.69, 9.17) is 5.73 Å². The predicted molar refractivity (Wildman–Crippen MR) is 58.2 cm³/mol. The predicted octanol–water partition coefficient (Wildman–Crippen LogP) is 2.82. The average molecular weight is 239 g/mol. The van der Waals surface area contributed by atoms with Crippen LogP contribution in [0.15, 0.2) is 30.5 Å². The molecular weight excluding hydrogens is 231 g/mol. The molecule has 0 aliphatic heterocycles. The van der Waals surface area contributed by atoms with Crippen molar-refractivity contribution in [3.8, 4) is 0 Å². The number of rotatable bonds is 2. The molecule has 3 N–H and O–H groups in total. The Labute approximate surface area is 95.1 Å². The Balaban J connectivity index is 2.34. The molecule has 0 aliphatic carbocycles. The zero-order chi connectivity index (χ0) is 12.4. The quantitative estimate of drug-likeness (QED) is 0.792. The van der Waals surface area contributed by atoms with Gasteiger partial charge in [0.05, 0.1) is 5.69 Å². The molecule has 17 heavy (non-hydrogen) atoms. The Morgan fingerprint density at radius 2 is 1.76 bits per heavy atom. The molecule has 0 atom stereocenters. The first-order valence-electron chi connectivity index (χ1n) is 4.70. The second-order valence-electron chi connectivity index (χ2n) is 3.32. The van der Waals surface area contributed by atoms with E-state index in [1.54, 1.807) is 12.1 Å². The van der Waals surface area contributed by atoms with Gasteiger partial charge in [0.2, 0.25) is 0 Å². The smallest absolute Gasteiger partial charge is 0.194 e. The molecule has 1 heterocycles. The van der Waals surface area contributed by atoms with E-state index in [1.165, 1.54) is 6.20 Å². The first-order chi connectivity index (χ1) is 8.08. The molecule has 0 aliphatic rings. The summed E-state index contributed by atoms with van der Waals surface area (Å²) >= 11 is 0. The zero-order valence-corrected chi connectivity index (χ0v) is 8.55. The van der Waals surface area contributed by atoms with E-state index in [0.29, 0.717) is 5.69 Å². The van der Waals surface area contributed by atoms with Crippen LogP contribution in [0.3, 0.4) is 0 Å². The van der Waals surface area contributed by atoms with Crippen molar-refractivity contribution < 1.29 is 13.2 Å². The molecule has 0 saturated heterocycles. The van der Waals surface area contributed by atoms with Crippen molar-refractivity contribution in [2.75, 3.05) is 11.1 Å². The van der Waals surface area contributed by atoms with Crippen molar-refractivity contribution >= 4 is 17.2 Å². The number of aromatic nitrogens is 1. The lowest BCUT2D eigenvalue weighted by molar-refractivity contribution is 0.448. The van der Waals surface area contributed by atoms with Crippen LogP contribution in [-0.2, 0) is 0 Å². The number of hydrogen-bond acceptors (Lipinski definition) is 3. The minimum absolute atomic E-state index is 0.0341. The van der Waals surface area contributed by atoms with Gasteiger partial charge in [0.1, 0.15) is 0 Å². The summed E-state index contributed by atoms with van der Waals surface area (Å²) in [4.78, 5) is 3.88. The van der Waals surface area contributed by atoms with Gasteiger partial charge < -0.3 is 11.1 Å². The van der Waals surface area contributed by atoms with Crippen molar-refractivity contribution in [3.63, 3.8) is 0 Å². The maximum absolute atomic E-state index is 12.9. The minimum atomic E-state index is -1.51. The van der Waals surface area contributed by atoms with Crippen LogP contribution in [0.4, 0.5) is 30.4 Å². The van der Waals surface area contributed by atoms with Gasteiger partial charge in [-0.05, 0) is 12.1 Å². The fourth-order valence-corrected chi connectivity index (χ4v) is 1.29. The van der Waals surface area contributed by atoms with Crippen LogP contribution in [0.5, 0.6) is 0 Å². The van der Waals surface area contributed by atoms with E-state index >= 15 is 0 Å². The fraction of sp³-hybridized carbons (Fsp3) is 0. The normalized spacial score (nSPS) is 10.3. The number of nitrogens with one attached hydrogen (secondary N) is 1. The van der Waals surface area contributed by atoms with Crippen LogP contribution in [0.25, 0.3) is 0 Å². The SMILES string of the molecule is Nc1cccnc1Nc1cc(F)c(F)c(F)c1. The molecule has 0 unspecified atom stereocenters. The van der Waals surface area contributed by atoms with Gasteiger partial charge in [-0.1, -0.05) is 0 Å². The molecule has 0 bridgehead atoms. The van der Waals surface area contributed by atoms with Crippen LogP contribution < -0.4 is 11.1 Å². The Hall–Kier alpha value is -2.24. The number of nitrogen functional groups attached to an aromatic ring is 1. The van der Waals surface area contributed by atoms with Gasteiger partial charge >= 0.3 is 0 Å². The van der Waals surface area contributed by atoms with E-state index in [2.05, 4.69) is 10.3 Å². The van der Waals surface area contributed by atoms with Gasteiger partial charge in [-0.3, -0.25) is 0 Å². The standard InChI is InChI=1S/C11H8F3N3/c12-7-4-6(5-8(13)10(7)14)17-11-9(15)2-1-3-16-11/h1-5H,15H2,(H,16,17). The van der Waals surface area contributed by atoms with Crippen molar-refractivity contribution in [2.24, 2.45) is 0 Å². The number of halogens is 3. The summed E-state index contributed by atoms with van der Waals surface area (Å²) in [5.74, 6) is -3.81. The molecular formula is C11H8F3N3. The molecule has 6 heteroatoms. The summed E-state index contributed by atoms with van der Waals surface area (Å²) < 4.78 is 38.6. The lowest BCUT2D eigenvalue weighted by Crippen LogP contribution is -2.00. The number of anilines is 3. The number of benzene rings is 1. The third kappa shape index (κ3) is 2.30. The van der Waals surface area contributed by atoms with Crippen LogP contribution in [0.2, 0.25) is 0 Å². The van der Waals surface area contributed by atoms with E-state index in [0.717, 1.165) is 12.1 Å². The minimum Gasteiger partial charge on any atom is -0.396 e. The highest BCUT2D eigenvalue weighted by Crippen LogP contribution is 2.23. The van der Waals surface area contributed by atoms with Crippen LogP contribution in [0.1, 0.15) is 0 Å². The number of hydrogen-bond donors (Lipinski definition) is 2. The highest BCUT2D eigenvalue weighted by atomic mass is 19.2. The van der Waals surface area contributed by atoms with E-state index in [1.807, 2.05) is 0 Å². The monoisotopic (exact) mass is 239 g/mol. The summed E-state index contributed by atoms with van der Waals surface area (Å²) in [5.41, 5.74) is 5.94. The van der Waals surface area contributed by atoms with E-state index < -0.39 is 17.5 Å². The number of nitrogens with two attached hydrogens (primary N) is 1. The van der Waals surface area contributed by atoms with Crippen LogP contribution in [-0.4, -0.2) is 4.98 Å². The van der Waals surface area contributed by atoms with Gasteiger partial charge in [-0.2, -0.15) is 0 Å². The third-order valence-corrected chi connectivity index (χ3v) is 2.09. The number of pyridine rings is 1. The molecule has 0 amide bonds. The summed E-state index contributed by atoms with van der Waals surface area (Å²) in [6.45, 7) is 0. The second-order valence-corrected chi connectivity index (χ2v) is 3.32. The Morgan fingerprint density at radius 1 is 1.12 bits per heavy atom. The average Bonchev–Trinajstić information content (AvgIpc) is 2.29. The molecule has 2 aromatic rings. The molecule has 0 spiro atoms. The summed E-state index contributed by atoms with van der Waals surface area (Å²) in [7, 11) is 0. The Kier molecular flexibility index (Phi) is 2.86. The summed E-state index contributed by atoms with van der Waals surface area (Å²) in [6.07, 6.45) is 1.47. The highest BCUT2D eigenvalue weighted by molar-refractivity contribution is 5.68. The Bertz CT molecular complexity index is 534. The van der Waals surface area contributed by atoms with E-state index in [-0.39, 0.29) is 11.5 Å². The lowest BCUT2D eigenvalue weighted by Gasteiger charge is -2.08. The third-order valence-electron chi connectivity index (χ3n) is 2.09. The van der Waals surface area contributed by atoms with Crippen molar-refractivity contribution in [2.45, 2.75) is 0 Å². The highest BCUT2D eigenvalue weighted by Gasteiger charge is 2.11. The molecule has 2 rings (SSSR count). The fourth-order valence-electron chi connectivity index (χ4n) is 1.29. The topological polar surface area (TPSA) is 50.9 Å². The van der Waals surface area contributed by atoms with Crippen molar-refractivity contribution in [3.05, 3.63) is 47.9 Å². The maximum atomic E-state index is 12.9. The Morgan fingerprint density at radius 3 is 2.35 bits per heavy atom. The molecule has 88 valence electrons. The number of nitrogens with zero attached hydrogens (tertiary/aromatic N) is 1. The van der Waals surface area contributed by atoms with Gasteiger partial charge in [-0.25, -0.2) is 18.2 Å². The molecule has 0 radical (unpaired) electrons. The lowest BCUT2D eigenvalue weighted by atomic mass is 10.2. The molecule has 1 aromatic carbocycles. The largest absolute Gasteiger partial charge is 0.396 e. The molecule has 0 fully saturated rings. The molecule has 1 aromatic heterocycles.